The van der Waals surface area contributed by atoms with Crippen molar-refractivity contribution in [1.29, 1.82) is 0 Å². The van der Waals surface area contributed by atoms with E-state index in [-0.39, 0.29) is 0 Å². The molecule has 6 nitrogen and oxygen atoms in total. The quantitative estimate of drug-likeness (QED) is 0.761. The predicted octanol–water partition coefficient (Wildman–Crippen LogP) is -0.00340. The van der Waals surface area contributed by atoms with E-state index in [1.807, 2.05) is 0 Å². The second kappa shape index (κ2) is 4.67. The van der Waals surface area contributed by atoms with Crippen molar-refractivity contribution in [2.24, 2.45) is 12.8 Å². The summed E-state index contributed by atoms with van der Waals surface area (Å²) in [5, 5.41) is 11.7. The number of tetrazole rings is 1. The van der Waals surface area contributed by atoms with Crippen molar-refractivity contribution >= 4 is 0 Å². The number of hydrogen-bond acceptors (Lipinski definition) is 5. The van der Waals surface area contributed by atoms with Gasteiger partial charge in [0.25, 0.3) is 0 Å². The predicted molar refractivity (Wildman–Crippen MR) is 53.8 cm³/mol. The van der Waals surface area contributed by atoms with Crippen LogP contribution in [0.25, 0.3) is 0 Å². The average Bonchev–Trinajstić information content (AvgIpc) is 2.64. The van der Waals surface area contributed by atoms with Gasteiger partial charge in [-0.15, -0.1) is 10.2 Å². The van der Waals surface area contributed by atoms with E-state index in [0.29, 0.717) is 24.6 Å². The molecule has 15 heavy (non-hydrogen) atoms. The van der Waals surface area contributed by atoms with Gasteiger partial charge in [0, 0.05) is 6.04 Å². The highest BCUT2D eigenvalue weighted by Gasteiger charge is 2.19. The lowest BCUT2D eigenvalue weighted by molar-refractivity contribution is 0.0105. The zero-order chi connectivity index (χ0) is 10.7. The summed E-state index contributed by atoms with van der Waals surface area (Å²) >= 11 is 0. The van der Waals surface area contributed by atoms with E-state index in [2.05, 4.69) is 15.4 Å². The minimum Gasteiger partial charge on any atom is -0.370 e. The molecule has 2 rings (SSSR count). The van der Waals surface area contributed by atoms with Crippen LogP contribution in [0.2, 0.25) is 0 Å². The molecule has 1 aliphatic carbocycles. The number of rotatable bonds is 3. The van der Waals surface area contributed by atoms with Gasteiger partial charge in [-0.3, -0.25) is 0 Å². The molecule has 0 bridgehead atoms. The summed E-state index contributed by atoms with van der Waals surface area (Å²) in [5.74, 6) is 0.646. The molecule has 6 heteroatoms. The second-order valence-electron chi connectivity index (χ2n) is 4.04. The molecule has 0 saturated heterocycles. The molecule has 0 aliphatic heterocycles. The maximum atomic E-state index is 5.81. The molecular formula is C9H17N5O. The van der Waals surface area contributed by atoms with Crippen molar-refractivity contribution < 1.29 is 4.74 Å². The molecule has 2 N–H and O–H groups in total. The SMILES string of the molecule is Cn1nnc(COC2CCC(N)CC2)n1. The first kappa shape index (κ1) is 10.5. The lowest BCUT2D eigenvalue weighted by Crippen LogP contribution is -2.30. The van der Waals surface area contributed by atoms with E-state index in [1.165, 1.54) is 4.80 Å². The third-order valence-corrected chi connectivity index (χ3v) is 2.72. The van der Waals surface area contributed by atoms with E-state index in [0.717, 1.165) is 25.7 Å². The smallest absolute Gasteiger partial charge is 0.200 e. The van der Waals surface area contributed by atoms with Crippen molar-refractivity contribution in [2.75, 3.05) is 0 Å². The minimum atomic E-state index is 0.314. The van der Waals surface area contributed by atoms with Gasteiger partial charge in [-0.2, -0.15) is 4.80 Å². The van der Waals surface area contributed by atoms with Crippen molar-refractivity contribution in [1.82, 2.24) is 20.2 Å². The van der Waals surface area contributed by atoms with Crippen LogP contribution in [0.5, 0.6) is 0 Å². The van der Waals surface area contributed by atoms with E-state index < -0.39 is 0 Å². The largest absolute Gasteiger partial charge is 0.370 e. The van der Waals surface area contributed by atoms with Crippen LogP contribution in [0.1, 0.15) is 31.5 Å². The molecule has 0 radical (unpaired) electrons. The molecule has 0 atom stereocenters. The van der Waals surface area contributed by atoms with E-state index in [9.17, 15) is 0 Å². The lowest BCUT2D eigenvalue weighted by atomic mass is 9.94. The first-order valence-corrected chi connectivity index (χ1v) is 5.34. The Morgan fingerprint density at radius 2 is 2.13 bits per heavy atom. The zero-order valence-corrected chi connectivity index (χ0v) is 8.96. The standard InChI is InChI=1S/C9H17N5O/c1-14-12-9(11-13-14)6-15-8-4-2-7(10)3-5-8/h7-8H,2-6,10H2,1H3. The Kier molecular flexibility index (Phi) is 3.27. The molecule has 84 valence electrons. The van der Waals surface area contributed by atoms with Gasteiger partial charge < -0.3 is 10.5 Å². The number of nitrogens with two attached hydrogens (primary N) is 1. The van der Waals surface area contributed by atoms with Gasteiger partial charge in [-0.05, 0) is 30.9 Å². The third-order valence-electron chi connectivity index (χ3n) is 2.72. The molecule has 1 aromatic rings. The Morgan fingerprint density at radius 3 is 2.73 bits per heavy atom. The third kappa shape index (κ3) is 2.97. The van der Waals surface area contributed by atoms with Gasteiger partial charge in [-0.25, -0.2) is 0 Å². The summed E-state index contributed by atoms with van der Waals surface area (Å²) in [5.41, 5.74) is 5.81. The summed E-state index contributed by atoms with van der Waals surface area (Å²) in [4.78, 5) is 1.44. The van der Waals surface area contributed by atoms with E-state index >= 15 is 0 Å². The number of aryl methyl sites for hydroxylation is 1. The van der Waals surface area contributed by atoms with Crippen LogP contribution in [-0.2, 0) is 18.4 Å². The van der Waals surface area contributed by atoms with Crippen LogP contribution in [0.4, 0.5) is 0 Å². The molecular weight excluding hydrogens is 194 g/mol. The van der Waals surface area contributed by atoms with Crippen LogP contribution in [0.3, 0.4) is 0 Å². The summed E-state index contributed by atoms with van der Waals surface area (Å²) in [6.45, 7) is 0.452. The first-order chi connectivity index (χ1) is 7.24. The average molecular weight is 211 g/mol. The zero-order valence-electron chi connectivity index (χ0n) is 8.96. The highest BCUT2D eigenvalue weighted by atomic mass is 16.5. The molecule has 1 fully saturated rings. The van der Waals surface area contributed by atoms with Gasteiger partial charge in [0.2, 0.25) is 0 Å². The van der Waals surface area contributed by atoms with E-state index in [1.54, 1.807) is 7.05 Å². The summed E-state index contributed by atoms with van der Waals surface area (Å²) < 4.78 is 5.70. The maximum absolute atomic E-state index is 5.81. The number of hydrogen-bond donors (Lipinski definition) is 1. The fraction of sp³-hybridized carbons (Fsp3) is 0.889. The molecule has 0 amide bonds. The molecule has 1 aliphatic rings. The molecule has 1 saturated carbocycles. The summed E-state index contributed by atoms with van der Waals surface area (Å²) in [7, 11) is 1.75. The Balaban J connectivity index is 1.74. The molecule has 1 aromatic heterocycles. The van der Waals surface area contributed by atoms with Gasteiger partial charge in [-0.1, -0.05) is 0 Å². The molecule has 0 unspecified atom stereocenters. The Hall–Kier alpha value is -1.01. The van der Waals surface area contributed by atoms with Crippen molar-refractivity contribution in [2.45, 2.75) is 44.4 Å². The number of aromatic nitrogens is 4. The van der Waals surface area contributed by atoms with Gasteiger partial charge in [0.05, 0.1) is 13.2 Å². The van der Waals surface area contributed by atoms with Crippen LogP contribution >= 0.6 is 0 Å². The lowest BCUT2D eigenvalue weighted by Gasteiger charge is -2.25. The summed E-state index contributed by atoms with van der Waals surface area (Å²) in [6.07, 6.45) is 4.51. The Bertz CT molecular complexity index is 305. The number of nitrogens with zero attached hydrogens (tertiary/aromatic N) is 4. The molecule has 0 spiro atoms. The molecule has 0 aromatic carbocycles. The topological polar surface area (TPSA) is 78.8 Å². The van der Waals surface area contributed by atoms with Crippen molar-refractivity contribution in [3.63, 3.8) is 0 Å². The highest BCUT2D eigenvalue weighted by Crippen LogP contribution is 2.20. The molecule has 1 heterocycles. The van der Waals surface area contributed by atoms with Gasteiger partial charge in [0.1, 0.15) is 6.61 Å². The highest BCUT2D eigenvalue weighted by molar-refractivity contribution is 4.77. The van der Waals surface area contributed by atoms with Crippen LogP contribution in [0, 0.1) is 0 Å². The van der Waals surface area contributed by atoms with Crippen molar-refractivity contribution in [3.8, 4) is 0 Å². The normalized spacial score (nSPS) is 26.8. The maximum Gasteiger partial charge on any atom is 0.200 e. The van der Waals surface area contributed by atoms with Crippen LogP contribution in [0.15, 0.2) is 0 Å². The van der Waals surface area contributed by atoms with Crippen molar-refractivity contribution in [3.05, 3.63) is 5.82 Å². The van der Waals surface area contributed by atoms with Crippen LogP contribution < -0.4 is 5.73 Å². The fourth-order valence-electron chi connectivity index (χ4n) is 1.83. The second-order valence-corrected chi connectivity index (χ2v) is 4.04. The van der Waals surface area contributed by atoms with Gasteiger partial charge >= 0.3 is 0 Å². The monoisotopic (exact) mass is 211 g/mol. The van der Waals surface area contributed by atoms with Gasteiger partial charge in [0.15, 0.2) is 5.82 Å². The van der Waals surface area contributed by atoms with E-state index in [4.69, 9.17) is 10.5 Å². The Morgan fingerprint density at radius 1 is 1.40 bits per heavy atom. The fourth-order valence-corrected chi connectivity index (χ4v) is 1.83. The Labute approximate surface area is 88.8 Å². The summed E-state index contributed by atoms with van der Waals surface area (Å²) in [6, 6.07) is 0.361. The van der Waals surface area contributed by atoms with Crippen LogP contribution in [-0.4, -0.2) is 32.4 Å². The minimum absolute atomic E-state index is 0.314. The first-order valence-electron chi connectivity index (χ1n) is 5.34. The number of ether oxygens (including phenoxy) is 1.